The van der Waals surface area contributed by atoms with Crippen molar-refractivity contribution < 1.29 is 80.1 Å². The van der Waals surface area contributed by atoms with E-state index in [2.05, 4.69) is 4.98 Å². The van der Waals surface area contributed by atoms with Gasteiger partial charge in [0.15, 0.2) is 0 Å². The number of carboxylic acids is 1. The van der Waals surface area contributed by atoms with Gasteiger partial charge in [0, 0.05) is 97.3 Å². The maximum Gasteiger partial charge on any atom is 0.308 e. The molecule has 7 heteroatoms. The van der Waals surface area contributed by atoms with E-state index in [1.54, 1.807) is 23.4 Å². The quantitative estimate of drug-likeness (QED) is 0.806. The Morgan fingerprint density at radius 3 is 2.72 bits per heavy atom. The van der Waals surface area contributed by atoms with E-state index in [4.69, 9.17) is 5.11 Å². The van der Waals surface area contributed by atoms with Crippen molar-refractivity contribution in [2.75, 3.05) is 6.54 Å². The van der Waals surface area contributed by atoms with Crippen LogP contribution in [0.25, 0.3) is 0 Å². The predicted molar refractivity (Wildman–Crippen MR) is 55.4 cm³/mol. The van der Waals surface area contributed by atoms with Crippen molar-refractivity contribution in [1.82, 2.24) is 9.88 Å². The summed E-state index contributed by atoms with van der Waals surface area (Å²) >= 11 is 0. The average molecular weight is 398 g/mol. The molecule has 0 aromatic carbocycles. The van der Waals surface area contributed by atoms with E-state index in [-0.39, 0.29) is 77.7 Å². The molecule has 1 aromatic rings. The zero-order valence-electron chi connectivity index (χ0n) is 9.82. The summed E-state index contributed by atoms with van der Waals surface area (Å²) in [5, 5.41) is 8.82. The summed E-state index contributed by atoms with van der Waals surface area (Å²) < 4.78 is 0. The summed E-state index contributed by atoms with van der Waals surface area (Å²) in [6, 6.07) is 3.67. The van der Waals surface area contributed by atoms with Crippen LogP contribution in [-0.4, -0.2) is 33.4 Å². The number of hydrogen-bond donors (Lipinski definition) is 1. The molecule has 5 nitrogen and oxygen atoms in total. The number of aromatic nitrogens is 1. The van der Waals surface area contributed by atoms with Crippen LogP contribution in [-0.2, 0) is 81.6 Å². The Hall–Kier alpha value is 0.298. The number of likely N-dealkylation sites (tertiary alicyclic amines) is 1. The summed E-state index contributed by atoms with van der Waals surface area (Å²) in [7, 11) is 0. The number of hydrogen-bond acceptors (Lipinski definition) is 3. The van der Waals surface area contributed by atoms with E-state index < -0.39 is 11.9 Å². The van der Waals surface area contributed by atoms with Crippen molar-refractivity contribution in [3.05, 3.63) is 30.1 Å². The number of pyridine rings is 1. The minimum Gasteiger partial charge on any atom is -0.481 e. The second kappa shape index (κ2) is 8.46. The molecule has 1 saturated heterocycles. The van der Waals surface area contributed by atoms with Gasteiger partial charge in [-0.2, -0.15) is 0 Å². The first-order valence-corrected chi connectivity index (χ1v) is 5.06. The monoisotopic (exact) mass is 398 g/mol. The first kappa shape index (κ1) is 18.3. The van der Waals surface area contributed by atoms with Gasteiger partial charge in [0.2, 0.25) is 5.91 Å². The topological polar surface area (TPSA) is 70.5 Å². The number of rotatable bonds is 3. The Morgan fingerprint density at radius 1 is 1.50 bits per heavy atom. The molecule has 2 radical (unpaired) electrons. The van der Waals surface area contributed by atoms with Crippen molar-refractivity contribution in [2.24, 2.45) is 5.92 Å². The molecule has 1 aromatic heterocycles. The third-order valence-electron chi connectivity index (χ3n) is 2.66. The number of carboxylic acid groups (broad SMARTS) is 1. The van der Waals surface area contributed by atoms with Gasteiger partial charge in [-0.25, -0.2) is 0 Å². The van der Waals surface area contributed by atoms with E-state index in [0.29, 0.717) is 13.1 Å². The second-order valence-corrected chi connectivity index (χ2v) is 3.87. The van der Waals surface area contributed by atoms with Crippen LogP contribution >= 0.6 is 0 Å². The molecular weight excluding hydrogens is 386 g/mol. The fraction of sp³-hybridized carbons (Fsp3) is 0.364. The predicted octanol–water partition coefficient (Wildman–Crippen LogP) is 0.510. The van der Waals surface area contributed by atoms with Gasteiger partial charge in [-0.05, 0) is 11.6 Å². The van der Waals surface area contributed by atoms with Gasteiger partial charge >= 0.3 is 5.97 Å². The summed E-state index contributed by atoms with van der Waals surface area (Å²) in [4.78, 5) is 27.8. The SMILES string of the molecule is O=C(O)C1CC(=O)N(Cc2cccnc2)C1.[Y].[Y]. The number of aliphatic carboxylic acids is 1. The molecule has 1 aliphatic heterocycles. The van der Waals surface area contributed by atoms with Crippen LogP contribution in [0, 0.1) is 5.92 Å². The Morgan fingerprint density at radius 2 is 2.22 bits per heavy atom. The molecule has 1 N–H and O–H groups in total. The summed E-state index contributed by atoms with van der Waals surface area (Å²) in [6.07, 6.45) is 3.45. The maximum atomic E-state index is 11.5. The largest absolute Gasteiger partial charge is 0.481 e. The Kier molecular flexibility index (Phi) is 8.60. The van der Waals surface area contributed by atoms with Gasteiger partial charge in [-0.3, -0.25) is 14.6 Å². The molecule has 0 saturated carbocycles. The normalized spacial score (nSPS) is 17.9. The minimum absolute atomic E-state index is 0. The molecule has 1 aliphatic rings. The second-order valence-electron chi connectivity index (χ2n) is 3.87. The summed E-state index contributed by atoms with van der Waals surface area (Å²) in [5.41, 5.74) is 0.918. The van der Waals surface area contributed by atoms with Gasteiger partial charge in [0.05, 0.1) is 5.92 Å². The van der Waals surface area contributed by atoms with E-state index >= 15 is 0 Å². The molecule has 1 atom stereocenters. The molecule has 2 heterocycles. The van der Waals surface area contributed by atoms with Crippen molar-refractivity contribution in [1.29, 1.82) is 0 Å². The fourth-order valence-corrected chi connectivity index (χ4v) is 1.80. The van der Waals surface area contributed by atoms with Crippen molar-refractivity contribution in [3.63, 3.8) is 0 Å². The van der Waals surface area contributed by atoms with E-state index in [9.17, 15) is 9.59 Å². The molecule has 0 spiro atoms. The van der Waals surface area contributed by atoms with E-state index in [0.717, 1.165) is 5.56 Å². The van der Waals surface area contributed by atoms with Gasteiger partial charge in [-0.1, -0.05) is 6.07 Å². The fourth-order valence-electron chi connectivity index (χ4n) is 1.80. The van der Waals surface area contributed by atoms with Crippen LogP contribution in [0.2, 0.25) is 0 Å². The van der Waals surface area contributed by atoms with Gasteiger partial charge in [-0.15, -0.1) is 0 Å². The van der Waals surface area contributed by atoms with Gasteiger partial charge < -0.3 is 10.0 Å². The number of amides is 1. The average Bonchev–Trinajstić information content (AvgIpc) is 2.62. The summed E-state index contributed by atoms with van der Waals surface area (Å²) in [6.45, 7) is 0.736. The Balaban J connectivity index is 0.00000144. The van der Waals surface area contributed by atoms with Crippen molar-refractivity contribution in [3.8, 4) is 0 Å². The van der Waals surface area contributed by atoms with Crippen LogP contribution in [0.1, 0.15) is 12.0 Å². The van der Waals surface area contributed by atoms with Crippen molar-refractivity contribution >= 4 is 11.9 Å². The number of nitrogens with zero attached hydrogens (tertiary/aromatic N) is 2. The third kappa shape index (κ3) is 4.76. The number of carbonyl (C=O) groups is 2. The molecule has 0 aliphatic carbocycles. The summed E-state index contributed by atoms with van der Waals surface area (Å²) in [5.74, 6) is -1.57. The Bertz CT molecular complexity index is 414. The number of carbonyl (C=O) groups excluding carboxylic acids is 1. The first-order valence-electron chi connectivity index (χ1n) is 5.06. The van der Waals surface area contributed by atoms with Crippen LogP contribution in [0.5, 0.6) is 0 Å². The Labute approximate surface area is 155 Å². The molecule has 90 valence electrons. The van der Waals surface area contributed by atoms with Crippen molar-refractivity contribution in [2.45, 2.75) is 13.0 Å². The maximum absolute atomic E-state index is 11.5. The molecule has 1 unspecified atom stereocenters. The van der Waals surface area contributed by atoms with Crippen LogP contribution in [0.15, 0.2) is 24.5 Å². The van der Waals surface area contributed by atoms with Gasteiger partial charge in [0.1, 0.15) is 0 Å². The van der Waals surface area contributed by atoms with Crippen LogP contribution in [0.4, 0.5) is 0 Å². The van der Waals surface area contributed by atoms with Gasteiger partial charge in [0.25, 0.3) is 0 Å². The van der Waals surface area contributed by atoms with Crippen LogP contribution < -0.4 is 0 Å². The molecule has 2 rings (SSSR count). The molecule has 1 amide bonds. The minimum atomic E-state index is -0.901. The van der Waals surface area contributed by atoms with E-state index in [1.165, 1.54) is 0 Å². The molecule has 18 heavy (non-hydrogen) atoms. The van der Waals surface area contributed by atoms with Crippen LogP contribution in [0.3, 0.4) is 0 Å². The molecule has 1 fully saturated rings. The molecular formula is C11H12N2O3Y2. The zero-order valence-corrected chi connectivity index (χ0v) is 15.5. The standard InChI is InChI=1S/C11H12N2O3.2Y/c14-10-4-9(11(15)16)7-13(10)6-8-2-1-3-12-5-8;;/h1-3,5,9H,4,6-7H2,(H,15,16);;. The smallest absolute Gasteiger partial charge is 0.308 e. The third-order valence-corrected chi connectivity index (χ3v) is 2.66. The molecule has 0 bridgehead atoms. The zero-order chi connectivity index (χ0) is 11.5. The van der Waals surface area contributed by atoms with E-state index in [1.807, 2.05) is 6.07 Å². The first-order chi connectivity index (χ1) is 7.66.